The van der Waals surface area contributed by atoms with E-state index in [1.54, 1.807) is 0 Å². The average Bonchev–Trinajstić information content (AvgIpc) is 3.13. The highest BCUT2D eigenvalue weighted by Crippen LogP contribution is 2.40. The predicted molar refractivity (Wildman–Crippen MR) is 106 cm³/mol. The summed E-state index contributed by atoms with van der Waals surface area (Å²) in [6, 6.07) is 10.6. The molecule has 1 amide bonds. The summed E-state index contributed by atoms with van der Waals surface area (Å²) in [7, 11) is 0. The monoisotopic (exact) mass is 355 g/mol. The molecule has 3 aliphatic heterocycles. The quantitative estimate of drug-likeness (QED) is 0.890. The summed E-state index contributed by atoms with van der Waals surface area (Å²) in [5.74, 6) is 0.239. The van der Waals surface area contributed by atoms with Crippen LogP contribution in [0.4, 0.5) is 5.69 Å². The molecule has 3 heterocycles. The number of hydrogen-bond acceptors (Lipinski definition) is 3. The minimum Gasteiger partial charge on any atom is -0.315 e. The van der Waals surface area contributed by atoms with Gasteiger partial charge in [0.2, 0.25) is 5.91 Å². The SMILES string of the molecule is CCC(=O)N(c1ccc([C@H]2CC[C@H]3CCCCN32)cc1)C1CCCNC1. The molecule has 0 bridgehead atoms. The fourth-order valence-electron chi connectivity index (χ4n) is 5.26. The standard InChI is InChI=1S/C22H33N3O/c1-2-22(26)25(20-7-5-14-23-16-20)19-10-8-17(9-11-19)21-13-12-18-6-3-4-15-24(18)21/h8-11,18,20-21,23H,2-7,12-16H2,1H3/t18-,20?,21-/m1/s1. The highest BCUT2D eigenvalue weighted by atomic mass is 16.2. The van der Waals surface area contributed by atoms with E-state index >= 15 is 0 Å². The van der Waals surface area contributed by atoms with E-state index in [0.29, 0.717) is 18.5 Å². The van der Waals surface area contributed by atoms with Gasteiger partial charge in [-0.15, -0.1) is 0 Å². The normalized spacial score (nSPS) is 29.3. The number of nitrogens with one attached hydrogen (secondary N) is 1. The number of carbonyl (C=O) groups is 1. The molecule has 0 saturated carbocycles. The lowest BCUT2D eigenvalue weighted by Gasteiger charge is -2.36. The second kappa shape index (κ2) is 8.10. The molecular formula is C22H33N3O. The summed E-state index contributed by atoms with van der Waals surface area (Å²) in [4.78, 5) is 17.4. The first-order valence-electron chi connectivity index (χ1n) is 10.7. The van der Waals surface area contributed by atoms with Gasteiger partial charge in [-0.25, -0.2) is 0 Å². The molecule has 4 nitrogen and oxygen atoms in total. The van der Waals surface area contributed by atoms with E-state index in [2.05, 4.69) is 34.5 Å². The highest BCUT2D eigenvalue weighted by Gasteiger charge is 2.35. The maximum absolute atomic E-state index is 12.6. The van der Waals surface area contributed by atoms with Crippen molar-refractivity contribution in [1.29, 1.82) is 0 Å². The molecular weight excluding hydrogens is 322 g/mol. The zero-order chi connectivity index (χ0) is 17.9. The molecule has 1 aromatic carbocycles. The van der Waals surface area contributed by atoms with Crippen molar-refractivity contribution in [3.63, 3.8) is 0 Å². The molecule has 3 atom stereocenters. The van der Waals surface area contributed by atoms with Gasteiger partial charge in [-0.1, -0.05) is 25.5 Å². The number of carbonyl (C=O) groups excluding carboxylic acids is 1. The van der Waals surface area contributed by atoms with E-state index in [1.165, 1.54) is 44.2 Å². The van der Waals surface area contributed by atoms with Crippen molar-refractivity contribution in [2.75, 3.05) is 24.5 Å². The predicted octanol–water partition coefficient (Wildman–Crippen LogP) is 3.87. The van der Waals surface area contributed by atoms with E-state index < -0.39 is 0 Å². The number of hydrogen-bond donors (Lipinski definition) is 1. The Labute approximate surface area is 157 Å². The van der Waals surface area contributed by atoms with Gasteiger partial charge in [0.1, 0.15) is 0 Å². The van der Waals surface area contributed by atoms with Gasteiger partial charge in [0.25, 0.3) is 0 Å². The van der Waals surface area contributed by atoms with Crippen molar-refractivity contribution < 1.29 is 4.79 Å². The number of piperidine rings is 2. The van der Waals surface area contributed by atoms with Crippen LogP contribution < -0.4 is 10.2 Å². The van der Waals surface area contributed by atoms with Gasteiger partial charge in [-0.05, 0) is 69.3 Å². The van der Waals surface area contributed by atoms with Gasteiger partial charge >= 0.3 is 0 Å². The Bertz CT molecular complexity index is 608. The van der Waals surface area contributed by atoms with Crippen LogP contribution in [0.1, 0.15) is 69.9 Å². The summed E-state index contributed by atoms with van der Waals surface area (Å²) in [6.07, 6.45) is 9.56. The molecule has 3 fully saturated rings. The molecule has 0 aliphatic carbocycles. The van der Waals surface area contributed by atoms with Crippen LogP contribution in [-0.2, 0) is 4.79 Å². The molecule has 0 radical (unpaired) electrons. The second-order valence-corrected chi connectivity index (χ2v) is 8.19. The highest BCUT2D eigenvalue weighted by molar-refractivity contribution is 5.93. The van der Waals surface area contributed by atoms with E-state index in [1.807, 2.05) is 11.8 Å². The fraction of sp³-hybridized carbons (Fsp3) is 0.682. The zero-order valence-electron chi connectivity index (χ0n) is 16.1. The van der Waals surface area contributed by atoms with Crippen LogP contribution in [-0.4, -0.2) is 42.5 Å². The smallest absolute Gasteiger partial charge is 0.227 e. The van der Waals surface area contributed by atoms with Gasteiger partial charge in [0.05, 0.1) is 0 Å². The third-order valence-corrected chi connectivity index (χ3v) is 6.61. The Morgan fingerprint density at radius 3 is 2.69 bits per heavy atom. The first kappa shape index (κ1) is 18.0. The van der Waals surface area contributed by atoms with Crippen LogP contribution in [0.3, 0.4) is 0 Å². The van der Waals surface area contributed by atoms with E-state index in [4.69, 9.17) is 0 Å². The Morgan fingerprint density at radius 1 is 1.12 bits per heavy atom. The molecule has 142 valence electrons. The Balaban J connectivity index is 1.52. The van der Waals surface area contributed by atoms with Crippen LogP contribution >= 0.6 is 0 Å². The molecule has 1 unspecified atom stereocenters. The van der Waals surface area contributed by atoms with Gasteiger partial charge in [-0.3, -0.25) is 9.69 Å². The summed E-state index contributed by atoms with van der Waals surface area (Å²) in [5, 5.41) is 3.45. The minimum atomic E-state index is 0.239. The minimum absolute atomic E-state index is 0.239. The first-order valence-corrected chi connectivity index (χ1v) is 10.7. The summed E-state index contributed by atoms with van der Waals surface area (Å²) >= 11 is 0. The van der Waals surface area contributed by atoms with Crippen LogP contribution in [0.15, 0.2) is 24.3 Å². The lowest BCUT2D eigenvalue weighted by Crippen LogP contribution is -2.48. The van der Waals surface area contributed by atoms with E-state index in [0.717, 1.165) is 37.7 Å². The largest absolute Gasteiger partial charge is 0.315 e. The Hall–Kier alpha value is -1.39. The van der Waals surface area contributed by atoms with Crippen molar-refractivity contribution in [1.82, 2.24) is 10.2 Å². The molecule has 1 N–H and O–H groups in total. The maximum Gasteiger partial charge on any atom is 0.227 e. The number of rotatable bonds is 4. The van der Waals surface area contributed by atoms with Crippen LogP contribution in [0.2, 0.25) is 0 Å². The Morgan fingerprint density at radius 2 is 1.96 bits per heavy atom. The number of fused-ring (bicyclic) bond motifs is 1. The summed E-state index contributed by atoms with van der Waals surface area (Å²) in [6.45, 7) is 5.20. The van der Waals surface area contributed by atoms with Crippen molar-refractivity contribution in [3.05, 3.63) is 29.8 Å². The van der Waals surface area contributed by atoms with Gasteiger partial charge in [0, 0.05) is 36.8 Å². The lowest BCUT2D eigenvalue weighted by atomic mass is 10.0. The summed E-state index contributed by atoms with van der Waals surface area (Å²) in [5.41, 5.74) is 2.51. The Kier molecular flexibility index (Phi) is 5.60. The van der Waals surface area contributed by atoms with E-state index in [9.17, 15) is 4.79 Å². The fourth-order valence-corrected chi connectivity index (χ4v) is 5.26. The van der Waals surface area contributed by atoms with Gasteiger partial charge < -0.3 is 10.2 Å². The first-order chi connectivity index (χ1) is 12.8. The van der Waals surface area contributed by atoms with Crippen molar-refractivity contribution in [2.24, 2.45) is 0 Å². The van der Waals surface area contributed by atoms with Gasteiger partial charge in [0.15, 0.2) is 0 Å². The average molecular weight is 356 g/mol. The number of benzene rings is 1. The molecule has 0 spiro atoms. The van der Waals surface area contributed by atoms with Crippen molar-refractivity contribution in [3.8, 4) is 0 Å². The zero-order valence-corrected chi connectivity index (χ0v) is 16.1. The molecule has 3 saturated heterocycles. The molecule has 26 heavy (non-hydrogen) atoms. The molecule has 1 aromatic rings. The second-order valence-electron chi connectivity index (χ2n) is 8.19. The summed E-state index contributed by atoms with van der Waals surface area (Å²) < 4.78 is 0. The number of nitrogens with zero attached hydrogens (tertiary/aromatic N) is 2. The van der Waals surface area contributed by atoms with Gasteiger partial charge in [-0.2, -0.15) is 0 Å². The number of amides is 1. The topological polar surface area (TPSA) is 35.6 Å². The molecule has 0 aromatic heterocycles. The van der Waals surface area contributed by atoms with Crippen LogP contribution in [0, 0.1) is 0 Å². The third kappa shape index (κ3) is 3.54. The van der Waals surface area contributed by atoms with Crippen molar-refractivity contribution in [2.45, 2.75) is 76.4 Å². The van der Waals surface area contributed by atoms with Crippen molar-refractivity contribution >= 4 is 11.6 Å². The van der Waals surface area contributed by atoms with Crippen LogP contribution in [0.25, 0.3) is 0 Å². The molecule has 3 aliphatic rings. The molecule has 4 rings (SSSR count). The lowest BCUT2D eigenvalue weighted by molar-refractivity contribution is -0.118. The maximum atomic E-state index is 12.6. The molecule has 4 heteroatoms. The third-order valence-electron chi connectivity index (χ3n) is 6.61. The van der Waals surface area contributed by atoms with E-state index in [-0.39, 0.29) is 5.91 Å². The number of anilines is 1. The van der Waals surface area contributed by atoms with Crippen LogP contribution in [0.5, 0.6) is 0 Å².